The number of halogens is 1. The number of benzene rings is 1. The first kappa shape index (κ1) is 22.0. The van der Waals surface area contributed by atoms with Gasteiger partial charge in [0.15, 0.2) is 0 Å². The Morgan fingerprint density at radius 2 is 1.96 bits per heavy atom. The fourth-order valence-corrected chi connectivity index (χ4v) is 2.88. The molecule has 0 aliphatic heterocycles. The van der Waals surface area contributed by atoms with Crippen LogP contribution in [0.2, 0.25) is 5.02 Å². The second-order valence-corrected chi connectivity index (χ2v) is 6.69. The van der Waals surface area contributed by atoms with Gasteiger partial charge in [0, 0.05) is 17.1 Å². The lowest BCUT2D eigenvalue weighted by Crippen LogP contribution is -2.26. The molecule has 1 aromatic rings. The van der Waals surface area contributed by atoms with Crippen molar-refractivity contribution in [2.45, 2.75) is 46.5 Å². The van der Waals surface area contributed by atoms with Crippen molar-refractivity contribution >= 4 is 17.5 Å². The molecular weight excluding hydrogens is 342 g/mol. The van der Waals surface area contributed by atoms with Crippen LogP contribution in [0.3, 0.4) is 0 Å². The molecule has 0 bridgehead atoms. The molecule has 0 saturated heterocycles. The Balaban J connectivity index is 0.000000314. The Morgan fingerprint density at radius 1 is 1.27 bits per heavy atom. The van der Waals surface area contributed by atoms with Crippen LogP contribution in [0.15, 0.2) is 71.9 Å². The summed E-state index contributed by atoms with van der Waals surface area (Å²) in [6, 6.07) is 7.92. The number of hydrogen-bond donors (Lipinski definition) is 1. The van der Waals surface area contributed by atoms with E-state index in [1.54, 1.807) is 6.08 Å². The zero-order valence-corrected chi connectivity index (χ0v) is 16.9. The van der Waals surface area contributed by atoms with Crippen LogP contribution in [0.1, 0.15) is 45.6 Å². The number of amides is 1. The van der Waals surface area contributed by atoms with Gasteiger partial charge in [-0.25, -0.2) is 0 Å². The molecule has 0 saturated carbocycles. The second-order valence-electron chi connectivity index (χ2n) is 6.25. The summed E-state index contributed by atoms with van der Waals surface area (Å²) in [5.74, 6) is 0.0828. The van der Waals surface area contributed by atoms with Crippen molar-refractivity contribution in [3.05, 3.63) is 82.5 Å². The number of allylic oxidation sites excluding steroid dienone is 4. The molecule has 0 unspecified atom stereocenters. The fraction of sp³-hybridized carbons (Fsp3) is 0.348. The molecule has 2 rings (SSSR count). The minimum Gasteiger partial charge on any atom is -0.348 e. The van der Waals surface area contributed by atoms with Gasteiger partial charge in [-0.3, -0.25) is 4.79 Å². The monoisotopic (exact) mass is 371 g/mol. The van der Waals surface area contributed by atoms with Crippen LogP contribution in [-0.4, -0.2) is 12.5 Å². The summed E-state index contributed by atoms with van der Waals surface area (Å²) in [5.41, 5.74) is 4.61. The van der Waals surface area contributed by atoms with E-state index in [1.165, 1.54) is 11.1 Å². The summed E-state index contributed by atoms with van der Waals surface area (Å²) in [6.07, 6.45) is 11.8. The zero-order valence-electron chi connectivity index (χ0n) is 16.1. The van der Waals surface area contributed by atoms with Gasteiger partial charge in [-0.15, -0.1) is 0 Å². The van der Waals surface area contributed by atoms with E-state index >= 15 is 0 Å². The zero-order chi connectivity index (χ0) is 19.4. The quantitative estimate of drug-likeness (QED) is 0.593. The highest BCUT2D eigenvalue weighted by atomic mass is 35.5. The van der Waals surface area contributed by atoms with Crippen LogP contribution < -0.4 is 5.32 Å². The van der Waals surface area contributed by atoms with Gasteiger partial charge in [-0.05, 0) is 62.8 Å². The number of hydrogen-bond acceptors (Lipinski definition) is 1. The third kappa shape index (κ3) is 7.88. The largest absolute Gasteiger partial charge is 0.348 e. The molecule has 1 aliphatic rings. The maximum absolute atomic E-state index is 11.9. The fourth-order valence-electron chi connectivity index (χ4n) is 2.75. The minimum absolute atomic E-state index is 0.0828. The van der Waals surface area contributed by atoms with E-state index in [0.29, 0.717) is 6.54 Å². The molecular formula is C23H30ClNO. The lowest BCUT2D eigenvalue weighted by molar-refractivity contribution is -0.117. The number of carbonyl (C=O) groups is 1. The van der Waals surface area contributed by atoms with Gasteiger partial charge in [0.05, 0.1) is 0 Å². The van der Waals surface area contributed by atoms with Crippen molar-refractivity contribution in [2.24, 2.45) is 0 Å². The van der Waals surface area contributed by atoms with E-state index in [9.17, 15) is 4.79 Å². The third-order valence-corrected chi connectivity index (χ3v) is 4.51. The number of rotatable bonds is 6. The Kier molecular flexibility index (Phi) is 10.4. The molecule has 3 heteroatoms. The summed E-state index contributed by atoms with van der Waals surface area (Å²) in [5, 5.41) is 3.77. The van der Waals surface area contributed by atoms with Crippen LogP contribution in [0.4, 0.5) is 0 Å². The molecule has 140 valence electrons. The molecule has 0 atom stereocenters. The van der Waals surface area contributed by atoms with Gasteiger partial charge in [0.2, 0.25) is 5.91 Å². The first-order chi connectivity index (χ1) is 12.5. The topological polar surface area (TPSA) is 29.1 Å². The van der Waals surface area contributed by atoms with Gasteiger partial charge in [-0.1, -0.05) is 67.1 Å². The van der Waals surface area contributed by atoms with Gasteiger partial charge < -0.3 is 5.32 Å². The van der Waals surface area contributed by atoms with E-state index in [1.807, 2.05) is 56.3 Å². The standard InChI is InChI=1S/C15H21NO.C8H9Cl/c1-4-7-13(8-5-2)11-16-15(17)14-10-6-9-12(14)3;1-2-7-3-5-8(9)6-4-7/h4-5,7-8H,1,6,9-11H2,2-3H3,(H,16,17);3-6H,2H2,1H3/b8-5-,13-7+;. The lowest BCUT2D eigenvalue weighted by atomic mass is 10.1. The summed E-state index contributed by atoms with van der Waals surface area (Å²) in [4.78, 5) is 11.9. The van der Waals surface area contributed by atoms with Gasteiger partial charge in [0.1, 0.15) is 0 Å². The normalized spacial score (nSPS) is 14.2. The summed E-state index contributed by atoms with van der Waals surface area (Å²) >= 11 is 5.67. The second kappa shape index (κ2) is 12.3. The van der Waals surface area contributed by atoms with Crippen LogP contribution in [0.5, 0.6) is 0 Å². The molecule has 0 heterocycles. The molecule has 26 heavy (non-hydrogen) atoms. The summed E-state index contributed by atoms with van der Waals surface area (Å²) in [6.45, 7) is 10.4. The van der Waals surface area contributed by atoms with Gasteiger partial charge in [-0.2, -0.15) is 0 Å². The maximum Gasteiger partial charge on any atom is 0.247 e. The van der Waals surface area contributed by atoms with Crippen molar-refractivity contribution in [2.75, 3.05) is 6.54 Å². The van der Waals surface area contributed by atoms with Gasteiger partial charge in [0.25, 0.3) is 0 Å². The predicted molar refractivity (Wildman–Crippen MR) is 113 cm³/mol. The van der Waals surface area contributed by atoms with Crippen LogP contribution in [0, 0.1) is 0 Å². The van der Waals surface area contributed by atoms with Crippen LogP contribution in [-0.2, 0) is 11.2 Å². The lowest BCUT2D eigenvalue weighted by Gasteiger charge is -2.07. The smallest absolute Gasteiger partial charge is 0.247 e. The highest BCUT2D eigenvalue weighted by molar-refractivity contribution is 6.30. The van der Waals surface area contributed by atoms with Crippen molar-refractivity contribution in [1.29, 1.82) is 0 Å². The summed E-state index contributed by atoms with van der Waals surface area (Å²) < 4.78 is 0. The Hall–Kier alpha value is -2.06. The van der Waals surface area contributed by atoms with Crippen molar-refractivity contribution in [3.8, 4) is 0 Å². The van der Waals surface area contributed by atoms with Crippen LogP contribution in [0.25, 0.3) is 0 Å². The molecule has 0 spiro atoms. The SMILES string of the molecule is C=C/C=C(\C=C/C)CNC(=O)C1=C(C)CCC1.CCc1ccc(Cl)cc1. The molecule has 2 nitrogen and oxygen atoms in total. The number of aryl methyl sites for hydroxylation is 1. The van der Waals surface area contributed by atoms with E-state index in [0.717, 1.165) is 41.9 Å². The summed E-state index contributed by atoms with van der Waals surface area (Å²) in [7, 11) is 0. The van der Waals surface area contributed by atoms with E-state index in [2.05, 4.69) is 18.8 Å². The highest BCUT2D eigenvalue weighted by Gasteiger charge is 2.17. The molecule has 1 aliphatic carbocycles. The average Bonchev–Trinajstić information content (AvgIpc) is 3.07. The number of carbonyl (C=O) groups excluding carboxylic acids is 1. The van der Waals surface area contributed by atoms with Crippen molar-refractivity contribution in [3.63, 3.8) is 0 Å². The van der Waals surface area contributed by atoms with Crippen LogP contribution >= 0.6 is 11.6 Å². The van der Waals surface area contributed by atoms with E-state index in [4.69, 9.17) is 11.6 Å². The minimum atomic E-state index is 0.0828. The highest BCUT2D eigenvalue weighted by Crippen LogP contribution is 2.25. The molecule has 1 amide bonds. The average molecular weight is 372 g/mol. The van der Waals surface area contributed by atoms with E-state index in [-0.39, 0.29) is 5.91 Å². The molecule has 1 N–H and O–H groups in total. The van der Waals surface area contributed by atoms with Crippen molar-refractivity contribution < 1.29 is 4.79 Å². The van der Waals surface area contributed by atoms with Gasteiger partial charge >= 0.3 is 0 Å². The molecule has 1 aromatic carbocycles. The Morgan fingerprint density at radius 3 is 2.46 bits per heavy atom. The third-order valence-electron chi connectivity index (χ3n) is 4.26. The number of nitrogens with one attached hydrogen (secondary N) is 1. The molecule has 0 radical (unpaired) electrons. The maximum atomic E-state index is 11.9. The Bertz CT molecular complexity index is 681. The predicted octanol–water partition coefficient (Wildman–Crippen LogP) is 6.19. The van der Waals surface area contributed by atoms with E-state index < -0.39 is 0 Å². The molecule has 0 aromatic heterocycles. The first-order valence-electron chi connectivity index (χ1n) is 9.17. The first-order valence-corrected chi connectivity index (χ1v) is 9.55. The Labute approximate surface area is 163 Å². The van der Waals surface area contributed by atoms with Crippen molar-refractivity contribution in [1.82, 2.24) is 5.32 Å². The molecule has 0 fully saturated rings.